The zero-order valence-electron chi connectivity index (χ0n) is 24.7. The van der Waals surface area contributed by atoms with Crippen LogP contribution in [0.5, 0.6) is 0 Å². The standard InChI is InChI=1S/C40H29N3O2/c1-28(44)37(40-42-39-38(45-40)13-8-26-41-39)27-29-14-20-34(21-15-29)43(35-22-16-32(17-23-35)30-9-4-2-5-10-30)36-24-18-33(19-25-36)31-11-6-3-7-12-31/h2-27H,1H3. The smallest absolute Gasteiger partial charge is 0.232 e. The summed E-state index contributed by atoms with van der Waals surface area (Å²) in [7, 11) is 0. The summed E-state index contributed by atoms with van der Waals surface area (Å²) >= 11 is 0. The van der Waals surface area contributed by atoms with Crippen molar-refractivity contribution in [3.63, 3.8) is 0 Å². The van der Waals surface area contributed by atoms with E-state index in [0.29, 0.717) is 16.8 Å². The molecule has 0 amide bonds. The number of rotatable bonds is 8. The Kier molecular flexibility index (Phi) is 7.57. The Morgan fingerprint density at radius 3 is 1.58 bits per heavy atom. The van der Waals surface area contributed by atoms with Crippen molar-refractivity contribution in [3.8, 4) is 22.3 Å². The van der Waals surface area contributed by atoms with Gasteiger partial charge in [0.25, 0.3) is 0 Å². The second-order valence-electron chi connectivity index (χ2n) is 10.7. The maximum atomic E-state index is 12.6. The quantitative estimate of drug-likeness (QED) is 0.167. The summed E-state index contributed by atoms with van der Waals surface area (Å²) in [6.07, 6.45) is 3.46. The molecule has 0 saturated carbocycles. The summed E-state index contributed by atoms with van der Waals surface area (Å²) < 4.78 is 5.85. The molecule has 0 fully saturated rings. The molecule has 5 heteroatoms. The van der Waals surface area contributed by atoms with Gasteiger partial charge in [0.15, 0.2) is 17.0 Å². The first kappa shape index (κ1) is 27.7. The van der Waals surface area contributed by atoms with Crippen LogP contribution < -0.4 is 4.90 Å². The van der Waals surface area contributed by atoms with Gasteiger partial charge in [0.2, 0.25) is 5.89 Å². The summed E-state index contributed by atoms with van der Waals surface area (Å²) in [4.78, 5) is 23.5. The number of hydrogen-bond acceptors (Lipinski definition) is 5. The minimum atomic E-state index is -0.135. The van der Waals surface area contributed by atoms with Crippen LogP contribution in [0.15, 0.2) is 156 Å². The lowest BCUT2D eigenvalue weighted by molar-refractivity contribution is -0.111. The van der Waals surface area contributed by atoms with Gasteiger partial charge in [0, 0.05) is 23.3 Å². The highest BCUT2D eigenvalue weighted by molar-refractivity contribution is 6.23. The molecule has 0 saturated heterocycles. The van der Waals surface area contributed by atoms with Gasteiger partial charge < -0.3 is 9.32 Å². The Labute approximate surface area is 261 Å². The van der Waals surface area contributed by atoms with Gasteiger partial charge in [-0.15, -0.1) is 0 Å². The van der Waals surface area contributed by atoms with Crippen molar-refractivity contribution in [1.82, 2.24) is 9.97 Å². The van der Waals surface area contributed by atoms with Crippen LogP contribution in [0.4, 0.5) is 17.1 Å². The van der Waals surface area contributed by atoms with E-state index < -0.39 is 0 Å². The Morgan fingerprint density at radius 1 is 0.600 bits per heavy atom. The van der Waals surface area contributed by atoms with Crippen molar-refractivity contribution >= 4 is 45.7 Å². The fourth-order valence-corrected chi connectivity index (χ4v) is 5.40. The molecule has 5 aromatic carbocycles. The van der Waals surface area contributed by atoms with Crippen LogP contribution in [0.1, 0.15) is 18.4 Å². The molecule has 0 aliphatic rings. The maximum Gasteiger partial charge on any atom is 0.232 e. The highest BCUT2D eigenvalue weighted by Crippen LogP contribution is 2.37. The van der Waals surface area contributed by atoms with Crippen molar-refractivity contribution in [2.24, 2.45) is 0 Å². The maximum absolute atomic E-state index is 12.6. The number of hydrogen-bond donors (Lipinski definition) is 0. The highest BCUT2D eigenvalue weighted by atomic mass is 16.3. The number of aromatic nitrogens is 2. The molecule has 2 aromatic heterocycles. The number of benzene rings is 5. The van der Waals surface area contributed by atoms with E-state index in [4.69, 9.17) is 4.42 Å². The van der Waals surface area contributed by atoms with Crippen molar-refractivity contribution in [1.29, 1.82) is 0 Å². The first-order chi connectivity index (χ1) is 22.1. The molecule has 7 rings (SSSR count). The predicted octanol–water partition coefficient (Wildman–Crippen LogP) is 10.2. The van der Waals surface area contributed by atoms with E-state index in [1.165, 1.54) is 18.1 Å². The Hall–Kier alpha value is -6.07. The highest BCUT2D eigenvalue weighted by Gasteiger charge is 2.17. The molecule has 0 bridgehead atoms. The molecule has 0 aliphatic heterocycles. The van der Waals surface area contributed by atoms with Crippen LogP contribution in [0.25, 0.3) is 45.1 Å². The number of fused-ring (bicyclic) bond motifs is 1. The molecule has 0 unspecified atom stereocenters. The van der Waals surface area contributed by atoms with Gasteiger partial charge in [-0.3, -0.25) is 4.79 Å². The summed E-state index contributed by atoms with van der Waals surface area (Å²) in [5, 5.41) is 0. The number of carbonyl (C=O) groups is 1. The van der Waals surface area contributed by atoms with E-state index in [2.05, 4.69) is 124 Å². The number of Topliss-reactive ketones (excluding diaryl/α,β-unsaturated/α-hetero) is 1. The van der Waals surface area contributed by atoms with Crippen LogP contribution in [-0.2, 0) is 4.79 Å². The van der Waals surface area contributed by atoms with Gasteiger partial charge in [-0.25, -0.2) is 4.98 Å². The monoisotopic (exact) mass is 583 g/mol. The second kappa shape index (κ2) is 12.3. The van der Waals surface area contributed by atoms with Crippen molar-refractivity contribution < 1.29 is 9.21 Å². The molecular formula is C40H29N3O2. The van der Waals surface area contributed by atoms with Crippen LogP contribution in [0.3, 0.4) is 0 Å². The zero-order valence-corrected chi connectivity index (χ0v) is 24.7. The zero-order chi connectivity index (χ0) is 30.6. The van der Waals surface area contributed by atoms with Gasteiger partial charge in [-0.2, -0.15) is 4.98 Å². The molecule has 0 aliphatic carbocycles. The van der Waals surface area contributed by atoms with Gasteiger partial charge in [-0.1, -0.05) is 97.1 Å². The fraction of sp³-hybridized carbons (Fsp3) is 0.0250. The third kappa shape index (κ3) is 5.92. The summed E-state index contributed by atoms with van der Waals surface area (Å²) in [5.41, 5.74) is 10.00. The van der Waals surface area contributed by atoms with E-state index >= 15 is 0 Å². The normalized spacial score (nSPS) is 11.4. The minimum absolute atomic E-state index is 0.135. The molecule has 5 nitrogen and oxygen atoms in total. The molecule has 0 radical (unpaired) electrons. The number of pyridine rings is 1. The van der Waals surface area contributed by atoms with Crippen LogP contribution in [-0.4, -0.2) is 15.8 Å². The lowest BCUT2D eigenvalue weighted by atomic mass is 10.0. The summed E-state index contributed by atoms with van der Waals surface area (Å²) in [5.74, 6) is 0.128. The van der Waals surface area contributed by atoms with Gasteiger partial charge >= 0.3 is 0 Å². The lowest BCUT2D eigenvalue weighted by Crippen LogP contribution is -2.09. The minimum Gasteiger partial charge on any atom is -0.434 e. The molecule has 0 spiro atoms. The molecule has 0 N–H and O–H groups in total. The van der Waals surface area contributed by atoms with E-state index in [9.17, 15) is 4.79 Å². The molecule has 45 heavy (non-hydrogen) atoms. The Balaban J connectivity index is 1.25. The van der Waals surface area contributed by atoms with E-state index in [0.717, 1.165) is 33.8 Å². The predicted molar refractivity (Wildman–Crippen MR) is 182 cm³/mol. The largest absolute Gasteiger partial charge is 0.434 e. The number of nitrogens with zero attached hydrogens (tertiary/aromatic N) is 3. The number of ketones is 1. The third-order valence-corrected chi connectivity index (χ3v) is 7.70. The number of allylic oxidation sites excluding steroid dienone is 1. The van der Waals surface area contributed by atoms with Crippen LogP contribution in [0.2, 0.25) is 0 Å². The SMILES string of the molecule is CC(=O)C(=Cc1ccc(N(c2ccc(-c3ccccc3)cc2)c2ccc(-c3ccccc3)cc2)cc1)c1nc2ncccc2o1. The van der Waals surface area contributed by atoms with Crippen LogP contribution >= 0.6 is 0 Å². The summed E-state index contributed by atoms with van der Waals surface area (Å²) in [6, 6.07) is 49.7. The average Bonchev–Trinajstić information content (AvgIpc) is 3.53. The number of anilines is 3. The first-order valence-corrected chi connectivity index (χ1v) is 14.8. The van der Waals surface area contributed by atoms with E-state index in [1.807, 2.05) is 30.3 Å². The summed E-state index contributed by atoms with van der Waals surface area (Å²) in [6.45, 7) is 1.52. The molecule has 216 valence electrons. The van der Waals surface area contributed by atoms with Gasteiger partial charge in [0.05, 0.1) is 5.57 Å². The van der Waals surface area contributed by atoms with Gasteiger partial charge in [-0.05, 0) is 89.3 Å². The lowest BCUT2D eigenvalue weighted by Gasteiger charge is -2.26. The molecule has 2 heterocycles. The average molecular weight is 584 g/mol. The Morgan fingerprint density at radius 2 is 1.09 bits per heavy atom. The number of oxazole rings is 1. The molecule has 7 aromatic rings. The van der Waals surface area contributed by atoms with Crippen molar-refractivity contribution in [2.75, 3.05) is 4.90 Å². The topological polar surface area (TPSA) is 59.2 Å². The Bertz CT molecular complexity index is 1980. The number of carbonyl (C=O) groups excluding carboxylic acids is 1. The van der Waals surface area contributed by atoms with E-state index in [1.54, 1.807) is 18.3 Å². The third-order valence-electron chi connectivity index (χ3n) is 7.70. The molecule has 0 atom stereocenters. The van der Waals surface area contributed by atoms with Crippen LogP contribution in [0, 0.1) is 0 Å². The fourth-order valence-electron chi connectivity index (χ4n) is 5.40. The van der Waals surface area contributed by atoms with Gasteiger partial charge in [0.1, 0.15) is 0 Å². The first-order valence-electron chi connectivity index (χ1n) is 14.8. The van der Waals surface area contributed by atoms with Crippen molar-refractivity contribution in [2.45, 2.75) is 6.92 Å². The van der Waals surface area contributed by atoms with Crippen molar-refractivity contribution in [3.05, 3.63) is 163 Å². The van der Waals surface area contributed by atoms with E-state index in [-0.39, 0.29) is 11.7 Å². The molecular weight excluding hydrogens is 554 g/mol. The second-order valence-corrected chi connectivity index (χ2v) is 10.7.